The minimum atomic E-state index is -0.320. The summed E-state index contributed by atoms with van der Waals surface area (Å²) < 4.78 is 1.85. The lowest BCUT2D eigenvalue weighted by atomic mass is 10.1. The molecule has 0 aliphatic heterocycles. The molecule has 0 atom stereocenters. The molecule has 3 rings (SSSR count). The zero-order valence-corrected chi connectivity index (χ0v) is 14.5. The SMILES string of the molecule is CC(C)(C)n1nc(-c2ccccc2)c2c(NC(=O)CCl)ncnc21. The maximum Gasteiger partial charge on any atom is 0.240 e. The zero-order chi connectivity index (χ0) is 17.3. The van der Waals surface area contributed by atoms with Gasteiger partial charge in [-0.1, -0.05) is 30.3 Å². The van der Waals surface area contributed by atoms with Gasteiger partial charge in [0.1, 0.15) is 23.7 Å². The van der Waals surface area contributed by atoms with Crippen LogP contribution in [0, 0.1) is 0 Å². The molecule has 0 fully saturated rings. The molecule has 1 amide bonds. The van der Waals surface area contributed by atoms with E-state index in [0.29, 0.717) is 16.9 Å². The van der Waals surface area contributed by atoms with E-state index in [4.69, 9.17) is 16.7 Å². The molecule has 7 heteroatoms. The fraction of sp³-hybridized carbons (Fsp3) is 0.294. The van der Waals surface area contributed by atoms with Crippen molar-refractivity contribution in [1.82, 2.24) is 19.7 Å². The van der Waals surface area contributed by atoms with Crippen LogP contribution in [0.1, 0.15) is 20.8 Å². The summed E-state index contributed by atoms with van der Waals surface area (Å²) in [7, 11) is 0. The lowest BCUT2D eigenvalue weighted by Gasteiger charge is -2.19. The Balaban J connectivity index is 2.31. The van der Waals surface area contributed by atoms with E-state index in [-0.39, 0.29) is 17.3 Å². The number of fused-ring (bicyclic) bond motifs is 1. The van der Waals surface area contributed by atoms with E-state index in [1.807, 2.05) is 55.8 Å². The molecule has 2 aromatic heterocycles. The predicted octanol–water partition coefficient (Wildman–Crippen LogP) is 3.43. The molecule has 1 aromatic carbocycles. The van der Waals surface area contributed by atoms with Crippen LogP contribution >= 0.6 is 11.6 Å². The highest BCUT2D eigenvalue weighted by Gasteiger charge is 2.24. The minimum absolute atomic E-state index is 0.139. The van der Waals surface area contributed by atoms with E-state index in [1.165, 1.54) is 6.33 Å². The van der Waals surface area contributed by atoms with Crippen LogP contribution in [0.2, 0.25) is 0 Å². The van der Waals surface area contributed by atoms with Gasteiger partial charge in [0.05, 0.1) is 10.9 Å². The normalized spacial score (nSPS) is 11.7. The lowest BCUT2D eigenvalue weighted by Crippen LogP contribution is -2.23. The van der Waals surface area contributed by atoms with Crippen molar-refractivity contribution in [2.45, 2.75) is 26.3 Å². The van der Waals surface area contributed by atoms with Crippen LogP contribution in [-0.2, 0) is 10.3 Å². The first kappa shape index (κ1) is 16.4. The number of anilines is 1. The molecule has 0 aliphatic carbocycles. The van der Waals surface area contributed by atoms with Crippen LogP contribution in [0.5, 0.6) is 0 Å². The van der Waals surface area contributed by atoms with Gasteiger partial charge in [-0.05, 0) is 20.8 Å². The quantitative estimate of drug-likeness (QED) is 0.739. The Morgan fingerprint density at radius 2 is 1.92 bits per heavy atom. The Kier molecular flexibility index (Phi) is 4.24. The highest BCUT2D eigenvalue weighted by atomic mass is 35.5. The van der Waals surface area contributed by atoms with Crippen molar-refractivity contribution in [2.75, 3.05) is 11.2 Å². The Labute approximate surface area is 144 Å². The lowest BCUT2D eigenvalue weighted by molar-refractivity contribution is -0.113. The summed E-state index contributed by atoms with van der Waals surface area (Å²) in [5.74, 6) is -0.0428. The fourth-order valence-electron chi connectivity index (χ4n) is 2.48. The zero-order valence-electron chi connectivity index (χ0n) is 13.7. The molecule has 1 N–H and O–H groups in total. The first-order chi connectivity index (χ1) is 11.4. The van der Waals surface area contributed by atoms with Crippen molar-refractivity contribution in [1.29, 1.82) is 0 Å². The van der Waals surface area contributed by atoms with Crippen LogP contribution in [-0.4, -0.2) is 31.5 Å². The van der Waals surface area contributed by atoms with E-state index >= 15 is 0 Å². The number of hydrogen-bond donors (Lipinski definition) is 1. The Morgan fingerprint density at radius 1 is 1.21 bits per heavy atom. The monoisotopic (exact) mass is 343 g/mol. The Hall–Kier alpha value is -2.47. The van der Waals surface area contributed by atoms with Gasteiger partial charge in [-0.3, -0.25) is 4.79 Å². The first-order valence-corrected chi connectivity index (χ1v) is 8.10. The van der Waals surface area contributed by atoms with Crippen LogP contribution in [0.25, 0.3) is 22.3 Å². The number of benzene rings is 1. The van der Waals surface area contributed by atoms with Gasteiger partial charge in [-0.25, -0.2) is 14.6 Å². The fourth-order valence-corrected chi connectivity index (χ4v) is 2.55. The molecule has 124 valence electrons. The van der Waals surface area contributed by atoms with E-state index in [9.17, 15) is 4.79 Å². The smallest absolute Gasteiger partial charge is 0.240 e. The number of nitrogens with zero attached hydrogens (tertiary/aromatic N) is 4. The summed E-state index contributed by atoms with van der Waals surface area (Å²) in [5.41, 5.74) is 2.06. The van der Waals surface area contributed by atoms with E-state index in [1.54, 1.807) is 0 Å². The largest absolute Gasteiger partial charge is 0.309 e. The van der Waals surface area contributed by atoms with Gasteiger partial charge >= 0.3 is 0 Å². The average Bonchev–Trinajstić information content (AvgIpc) is 2.96. The molecule has 3 aromatic rings. The molecule has 0 spiro atoms. The van der Waals surface area contributed by atoms with Gasteiger partial charge in [0.25, 0.3) is 0 Å². The molecule has 24 heavy (non-hydrogen) atoms. The molecular formula is C17H18ClN5O. The van der Waals surface area contributed by atoms with Crippen LogP contribution < -0.4 is 5.32 Å². The minimum Gasteiger partial charge on any atom is -0.309 e. The molecule has 0 saturated heterocycles. The molecule has 0 aliphatic rings. The van der Waals surface area contributed by atoms with Crippen molar-refractivity contribution in [3.05, 3.63) is 36.7 Å². The molecule has 0 radical (unpaired) electrons. The standard InChI is InChI=1S/C17H18ClN5O/c1-17(2,3)23-16-13(14(22-23)11-7-5-4-6-8-11)15(19-10-20-16)21-12(24)9-18/h4-8,10H,9H2,1-3H3,(H,19,20,21,24). The highest BCUT2D eigenvalue weighted by molar-refractivity contribution is 6.29. The van der Waals surface area contributed by atoms with Crippen molar-refractivity contribution in [3.63, 3.8) is 0 Å². The second-order valence-corrected chi connectivity index (χ2v) is 6.67. The molecule has 6 nitrogen and oxygen atoms in total. The highest BCUT2D eigenvalue weighted by Crippen LogP contribution is 2.33. The van der Waals surface area contributed by atoms with Crippen molar-refractivity contribution in [3.8, 4) is 11.3 Å². The molecule has 0 unspecified atom stereocenters. The summed E-state index contributed by atoms with van der Waals surface area (Å²) >= 11 is 5.61. The van der Waals surface area contributed by atoms with E-state index in [0.717, 1.165) is 11.3 Å². The van der Waals surface area contributed by atoms with Gasteiger partial charge in [0.15, 0.2) is 5.65 Å². The number of carbonyl (C=O) groups excluding carboxylic acids is 1. The summed E-state index contributed by atoms with van der Waals surface area (Å²) in [6, 6.07) is 9.76. The second kappa shape index (κ2) is 6.20. The van der Waals surface area contributed by atoms with Gasteiger partial charge in [0, 0.05) is 5.56 Å². The number of carbonyl (C=O) groups is 1. The number of hydrogen-bond acceptors (Lipinski definition) is 4. The predicted molar refractivity (Wildman–Crippen MR) is 95.1 cm³/mol. The van der Waals surface area contributed by atoms with E-state index < -0.39 is 0 Å². The van der Waals surface area contributed by atoms with Crippen LogP contribution in [0.3, 0.4) is 0 Å². The second-order valence-electron chi connectivity index (χ2n) is 6.40. The third kappa shape index (κ3) is 2.97. The van der Waals surface area contributed by atoms with E-state index in [2.05, 4.69) is 15.3 Å². The van der Waals surface area contributed by atoms with Crippen molar-refractivity contribution >= 4 is 34.4 Å². The number of halogens is 1. The Morgan fingerprint density at radius 3 is 2.54 bits per heavy atom. The van der Waals surface area contributed by atoms with Gasteiger partial charge in [-0.2, -0.15) is 5.10 Å². The van der Waals surface area contributed by atoms with Crippen LogP contribution in [0.15, 0.2) is 36.7 Å². The third-order valence-corrected chi connectivity index (χ3v) is 3.77. The molecular weight excluding hydrogens is 326 g/mol. The van der Waals surface area contributed by atoms with Crippen LogP contribution in [0.4, 0.5) is 5.82 Å². The van der Waals surface area contributed by atoms with Gasteiger partial charge in [0.2, 0.25) is 5.91 Å². The summed E-state index contributed by atoms with van der Waals surface area (Å²) in [6.07, 6.45) is 1.42. The molecule has 2 heterocycles. The van der Waals surface area contributed by atoms with Gasteiger partial charge in [-0.15, -0.1) is 11.6 Å². The summed E-state index contributed by atoms with van der Waals surface area (Å²) in [4.78, 5) is 20.4. The first-order valence-electron chi connectivity index (χ1n) is 7.57. The molecule has 0 saturated carbocycles. The maximum absolute atomic E-state index is 11.7. The Bertz CT molecular complexity index is 883. The topological polar surface area (TPSA) is 72.7 Å². The molecule has 0 bridgehead atoms. The maximum atomic E-state index is 11.7. The number of alkyl halides is 1. The average molecular weight is 344 g/mol. The van der Waals surface area contributed by atoms with Crippen molar-refractivity contribution in [2.24, 2.45) is 0 Å². The number of nitrogens with one attached hydrogen (secondary N) is 1. The van der Waals surface area contributed by atoms with Crippen molar-refractivity contribution < 1.29 is 4.79 Å². The number of rotatable bonds is 3. The third-order valence-electron chi connectivity index (χ3n) is 3.53. The number of amides is 1. The summed E-state index contributed by atoms with van der Waals surface area (Å²) in [6.45, 7) is 6.15. The number of aromatic nitrogens is 4. The van der Waals surface area contributed by atoms with Gasteiger partial charge < -0.3 is 5.32 Å². The summed E-state index contributed by atoms with van der Waals surface area (Å²) in [5, 5.41) is 8.19.